The first-order chi connectivity index (χ1) is 12.5. The number of carbonyl (C=O) groups is 1. The van der Waals surface area contributed by atoms with Crippen LogP contribution >= 0.6 is 11.6 Å². The number of amides is 1. The van der Waals surface area contributed by atoms with Crippen LogP contribution in [0.3, 0.4) is 0 Å². The van der Waals surface area contributed by atoms with E-state index in [0.29, 0.717) is 10.8 Å². The van der Waals surface area contributed by atoms with E-state index in [-0.39, 0.29) is 11.9 Å². The lowest BCUT2D eigenvalue weighted by Gasteiger charge is -2.32. The summed E-state index contributed by atoms with van der Waals surface area (Å²) in [6.45, 7) is 6.36. The van der Waals surface area contributed by atoms with E-state index in [1.807, 2.05) is 19.1 Å². The van der Waals surface area contributed by atoms with Gasteiger partial charge in [0.05, 0.1) is 5.02 Å². The molecular formula is C20H25ClN4O. The molecule has 1 amide bonds. The first kappa shape index (κ1) is 18.5. The number of hydrogen-bond donors (Lipinski definition) is 2. The molecule has 2 heterocycles. The van der Waals surface area contributed by atoms with Crippen molar-refractivity contribution in [2.45, 2.75) is 32.7 Å². The van der Waals surface area contributed by atoms with E-state index in [9.17, 15) is 4.79 Å². The smallest absolute Gasteiger partial charge is 0.247 e. The van der Waals surface area contributed by atoms with Crippen LogP contribution in [0.1, 0.15) is 26.7 Å². The van der Waals surface area contributed by atoms with E-state index >= 15 is 0 Å². The zero-order chi connectivity index (χ0) is 18.5. The molecule has 1 aliphatic heterocycles. The summed E-state index contributed by atoms with van der Waals surface area (Å²) in [7, 11) is 0. The molecule has 1 aromatic heterocycles. The quantitative estimate of drug-likeness (QED) is 0.816. The molecule has 2 N–H and O–H groups in total. The molecule has 5 nitrogen and oxygen atoms in total. The Labute approximate surface area is 159 Å². The third kappa shape index (κ3) is 4.88. The van der Waals surface area contributed by atoms with Gasteiger partial charge in [0.2, 0.25) is 5.91 Å². The molecule has 1 fully saturated rings. The molecular weight excluding hydrogens is 348 g/mol. The number of aromatic nitrogens is 1. The fourth-order valence-corrected chi connectivity index (χ4v) is 3.15. The molecule has 0 bridgehead atoms. The fourth-order valence-electron chi connectivity index (χ4n) is 3.04. The summed E-state index contributed by atoms with van der Waals surface area (Å²) in [6.07, 6.45) is 4.00. The Bertz CT molecular complexity index is 724. The largest absolute Gasteiger partial charge is 0.374 e. The van der Waals surface area contributed by atoms with Gasteiger partial charge in [-0.2, -0.15) is 0 Å². The summed E-state index contributed by atoms with van der Waals surface area (Å²) >= 11 is 5.80. The summed E-state index contributed by atoms with van der Waals surface area (Å²) in [5.74, 6) is 1.17. The molecule has 0 spiro atoms. The molecule has 0 aliphatic carbocycles. The molecule has 3 rings (SSSR count). The highest BCUT2D eigenvalue weighted by Crippen LogP contribution is 2.24. The number of anilines is 3. The summed E-state index contributed by atoms with van der Waals surface area (Å²) in [6, 6.07) is 11.3. The van der Waals surface area contributed by atoms with Crippen molar-refractivity contribution < 1.29 is 4.79 Å². The van der Waals surface area contributed by atoms with Crippen LogP contribution in [0, 0.1) is 5.92 Å². The van der Waals surface area contributed by atoms with Crippen molar-refractivity contribution in [2.75, 3.05) is 28.6 Å². The van der Waals surface area contributed by atoms with E-state index in [1.54, 1.807) is 12.1 Å². The first-order valence-electron chi connectivity index (χ1n) is 9.05. The molecule has 0 saturated carbocycles. The molecule has 0 radical (unpaired) electrons. The Hall–Kier alpha value is -2.27. The van der Waals surface area contributed by atoms with E-state index in [1.165, 1.54) is 24.7 Å². The maximum absolute atomic E-state index is 12.3. The van der Waals surface area contributed by atoms with Crippen molar-refractivity contribution >= 4 is 34.7 Å². The molecule has 2 aromatic rings. The van der Waals surface area contributed by atoms with Crippen LogP contribution in [0.5, 0.6) is 0 Å². The van der Waals surface area contributed by atoms with Gasteiger partial charge in [0, 0.05) is 30.7 Å². The number of hydrogen-bond acceptors (Lipinski definition) is 4. The summed E-state index contributed by atoms with van der Waals surface area (Å²) in [5.41, 5.74) is 2.16. The number of nitrogens with zero attached hydrogens (tertiary/aromatic N) is 2. The van der Waals surface area contributed by atoms with Crippen LogP contribution in [0.15, 0.2) is 42.6 Å². The number of halogens is 1. The Kier molecular flexibility index (Phi) is 5.99. The van der Waals surface area contributed by atoms with Crippen molar-refractivity contribution in [1.82, 2.24) is 4.98 Å². The molecule has 26 heavy (non-hydrogen) atoms. The lowest BCUT2D eigenvalue weighted by atomic mass is 9.99. The van der Waals surface area contributed by atoms with Gasteiger partial charge in [-0.05, 0) is 62.1 Å². The Balaban J connectivity index is 1.54. The van der Waals surface area contributed by atoms with Gasteiger partial charge in [0.25, 0.3) is 0 Å². The highest BCUT2D eigenvalue weighted by atomic mass is 35.5. The van der Waals surface area contributed by atoms with Gasteiger partial charge < -0.3 is 15.5 Å². The topological polar surface area (TPSA) is 57.3 Å². The van der Waals surface area contributed by atoms with E-state index in [0.717, 1.165) is 24.7 Å². The van der Waals surface area contributed by atoms with Crippen molar-refractivity contribution in [1.29, 1.82) is 0 Å². The van der Waals surface area contributed by atoms with Crippen LogP contribution in [-0.4, -0.2) is 30.0 Å². The molecule has 1 saturated heterocycles. The third-order valence-electron chi connectivity index (χ3n) is 4.77. The van der Waals surface area contributed by atoms with Gasteiger partial charge in [-0.3, -0.25) is 4.79 Å². The van der Waals surface area contributed by atoms with Crippen LogP contribution in [0.2, 0.25) is 5.02 Å². The summed E-state index contributed by atoms with van der Waals surface area (Å²) in [4.78, 5) is 18.8. The minimum Gasteiger partial charge on any atom is -0.374 e. The van der Waals surface area contributed by atoms with E-state index in [2.05, 4.69) is 39.6 Å². The maximum Gasteiger partial charge on any atom is 0.247 e. The number of pyridine rings is 1. The predicted octanol–water partition coefficient (Wildman–Crippen LogP) is 4.41. The van der Waals surface area contributed by atoms with Crippen molar-refractivity contribution in [2.24, 2.45) is 5.92 Å². The molecule has 1 unspecified atom stereocenters. The molecule has 1 aromatic carbocycles. The highest BCUT2D eigenvalue weighted by Gasteiger charge is 2.17. The van der Waals surface area contributed by atoms with Gasteiger partial charge in [-0.15, -0.1) is 0 Å². The number of benzene rings is 1. The Morgan fingerprint density at radius 3 is 2.50 bits per heavy atom. The van der Waals surface area contributed by atoms with Gasteiger partial charge in [0.1, 0.15) is 11.9 Å². The van der Waals surface area contributed by atoms with Crippen LogP contribution < -0.4 is 15.5 Å². The SMILES string of the molecule is CC1CCN(c2ccc(NC(C)C(=O)Nc3ccc(Cl)cn3)cc2)CC1. The van der Waals surface area contributed by atoms with Crippen LogP contribution in [-0.2, 0) is 4.79 Å². The minimum atomic E-state index is -0.380. The molecule has 6 heteroatoms. The van der Waals surface area contributed by atoms with Gasteiger partial charge >= 0.3 is 0 Å². The zero-order valence-electron chi connectivity index (χ0n) is 15.2. The lowest BCUT2D eigenvalue weighted by Crippen LogP contribution is -2.33. The number of nitrogens with one attached hydrogen (secondary N) is 2. The van der Waals surface area contributed by atoms with Crippen LogP contribution in [0.4, 0.5) is 17.2 Å². The number of piperidine rings is 1. The number of carbonyl (C=O) groups excluding carboxylic acids is 1. The monoisotopic (exact) mass is 372 g/mol. The molecule has 1 atom stereocenters. The zero-order valence-corrected chi connectivity index (χ0v) is 16.0. The van der Waals surface area contributed by atoms with Crippen molar-refractivity contribution in [3.63, 3.8) is 0 Å². The van der Waals surface area contributed by atoms with Gasteiger partial charge in [-0.1, -0.05) is 18.5 Å². The van der Waals surface area contributed by atoms with Gasteiger partial charge in [0.15, 0.2) is 0 Å². The fraction of sp³-hybridized carbons (Fsp3) is 0.400. The molecule has 1 aliphatic rings. The average molecular weight is 373 g/mol. The van der Waals surface area contributed by atoms with E-state index < -0.39 is 0 Å². The lowest BCUT2D eigenvalue weighted by molar-refractivity contribution is -0.116. The van der Waals surface area contributed by atoms with Crippen LogP contribution in [0.25, 0.3) is 0 Å². The number of rotatable bonds is 5. The third-order valence-corrected chi connectivity index (χ3v) is 4.99. The Morgan fingerprint density at radius 2 is 1.88 bits per heavy atom. The standard InChI is InChI=1S/C20H25ClN4O/c1-14-9-11-25(12-10-14)18-6-4-17(5-7-18)23-15(2)20(26)24-19-8-3-16(21)13-22-19/h3-8,13-15,23H,9-12H2,1-2H3,(H,22,24,26). The van der Waals surface area contributed by atoms with Gasteiger partial charge in [-0.25, -0.2) is 4.98 Å². The highest BCUT2D eigenvalue weighted by molar-refractivity contribution is 6.30. The first-order valence-corrected chi connectivity index (χ1v) is 9.43. The maximum atomic E-state index is 12.3. The predicted molar refractivity (Wildman–Crippen MR) is 108 cm³/mol. The summed E-state index contributed by atoms with van der Waals surface area (Å²) in [5, 5.41) is 6.54. The Morgan fingerprint density at radius 1 is 1.19 bits per heavy atom. The van der Waals surface area contributed by atoms with E-state index in [4.69, 9.17) is 11.6 Å². The normalized spacial score (nSPS) is 16.2. The van der Waals surface area contributed by atoms with Crippen molar-refractivity contribution in [3.05, 3.63) is 47.6 Å². The second-order valence-electron chi connectivity index (χ2n) is 6.93. The second-order valence-corrected chi connectivity index (χ2v) is 7.37. The molecule has 138 valence electrons. The van der Waals surface area contributed by atoms with Crippen molar-refractivity contribution in [3.8, 4) is 0 Å². The second kappa shape index (κ2) is 8.41. The summed E-state index contributed by atoms with van der Waals surface area (Å²) < 4.78 is 0. The average Bonchev–Trinajstić information content (AvgIpc) is 2.65. The minimum absolute atomic E-state index is 0.145.